The highest BCUT2D eigenvalue weighted by atomic mass is 32.2. The molecule has 1 aromatic carbocycles. The lowest BCUT2D eigenvalue weighted by Gasteiger charge is -2.30. The van der Waals surface area contributed by atoms with Gasteiger partial charge in [-0.2, -0.15) is 0 Å². The van der Waals surface area contributed by atoms with Crippen LogP contribution in [0.1, 0.15) is 30.1 Å². The van der Waals surface area contributed by atoms with Crippen molar-refractivity contribution < 1.29 is 14.3 Å². The average Bonchev–Trinajstić information content (AvgIpc) is 2.52. The van der Waals surface area contributed by atoms with E-state index < -0.39 is 0 Å². The molecule has 1 amide bonds. The number of carbonyl (C=O) groups excluding carboxylic acids is 2. The number of ether oxygens (including phenoxy) is 1. The van der Waals surface area contributed by atoms with E-state index in [1.807, 2.05) is 17.0 Å². The Kier molecular flexibility index (Phi) is 5.67. The first-order chi connectivity index (χ1) is 10.1. The van der Waals surface area contributed by atoms with E-state index in [1.165, 1.54) is 18.9 Å². The first-order valence-corrected chi connectivity index (χ1v) is 8.18. The number of thioether (sulfide) groups is 1. The molecule has 0 aliphatic carbocycles. The minimum absolute atomic E-state index is 0.145. The zero-order chi connectivity index (χ0) is 15.2. The number of benzene rings is 1. The molecule has 1 heterocycles. The molecule has 2 rings (SSSR count). The molecular formula is C16H21NO3S. The molecule has 1 aliphatic heterocycles. The Hall–Kier alpha value is -1.49. The highest BCUT2D eigenvalue weighted by molar-refractivity contribution is 8.00. The minimum atomic E-state index is -0.364. The molecule has 0 aromatic heterocycles. The van der Waals surface area contributed by atoms with Gasteiger partial charge in [-0.1, -0.05) is 19.1 Å². The van der Waals surface area contributed by atoms with Gasteiger partial charge >= 0.3 is 5.97 Å². The number of hydrogen-bond acceptors (Lipinski definition) is 4. The van der Waals surface area contributed by atoms with E-state index in [0.717, 1.165) is 30.8 Å². The van der Waals surface area contributed by atoms with E-state index in [-0.39, 0.29) is 11.9 Å². The zero-order valence-corrected chi connectivity index (χ0v) is 13.3. The molecule has 1 aromatic rings. The number of rotatable bonds is 4. The molecule has 4 nitrogen and oxygen atoms in total. The maximum absolute atomic E-state index is 12.2. The van der Waals surface area contributed by atoms with E-state index in [1.54, 1.807) is 12.1 Å². The summed E-state index contributed by atoms with van der Waals surface area (Å²) < 4.78 is 4.76. The van der Waals surface area contributed by atoms with Crippen LogP contribution in [-0.4, -0.2) is 42.7 Å². The molecule has 0 atom stereocenters. The second kappa shape index (κ2) is 7.50. The van der Waals surface area contributed by atoms with Gasteiger partial charge < -0.3 is 9.64 Å². The molecule has 1 aliphatic rings. The third kappa shape index (κ3) is 4.24. The lowest BCUT2D eigenvalue weighted by molar-refractivity contribution is -0.129. The molecule has 5 heteroatoms. The average molecular weight is 307 g/mol. The maximum atomic E-state index is 12.2. The Labute approximate surface area is 129 Å². The van der Waals surface area contributed by atoms with Crippen LogP contribution >= 0.6 is 11.8 Å². The van der Waals surface area contributed by atoms with E-state index in [2.05, 4.69) is 6.92 Å². The van der Waals surface area contributed by atoms with Crippen molar-refractivity contribution in [2.75, 3.05) is 26.0 Å². The minimum Gasteiger partial charge on any atom is -0.465 e. The van der Waals surface area contributed by atoms with Crippen LogP contribution in [0.15, 0.2) is 29.2 Å². The fourth-order valence-electron chi connectivity index (χ4n) is 2.36. The number of hydrogen-bond donors (Lipinski definition) is 0. The van der Waals surface area contributed by atoms with E-state index in [9.17, 15) is 9.59 Å². The molecule has 0 saturated carbocycles. The van der Waals surface area contributed by atoms with Gasteiger partial charge in [0.15, 0.2) is 0 Å². The highest BCUT2D eigenvalue weighted by Crippen LogP contribution is 2.24. The predicted octanol–water partition coefficient (Wildman–Crippen LogP) is 2.82. The number of esters is 1. The summed E-state index contributed by atoms with van der Waals surface area (Å²) in [5.74, 6) is 0.855. The maximum Gasteiger partial charge on any atom is 0.338 e. The summed E-state index contributed by atoms with van der Waals surface area (Å²) >= 11 is 1.40. The normalized spacial score (nSPS) is 15.8. The number of methoxy groups -OCH3 is 1. The zero-order valence-electron chi connectivity index (χ0n) is 12.5. The van der Waals surface area contributed by atoms with Crippen LogP contribution in [0.4, 0.5) is 0 Å². The molecule has 0 spiro atoms. The quantitative estimate of drug-likeness (QED) is 0.634. The molecule has 1 saturated heterocycles. The van der Waals surface area contributed by atoms with Crippen LogP contribution in [0.3, 0.4) is 0 Å². The van der Waals surface area contributed by atoms with Crippen molar-refractivity contribution in [2.24, 2.45) is 5.92 Å². The Bertz CT molecular complexity index is 510. The van der Waals surface area contributed by atoms with E-state index in [0.29, 0.717) is 17.2 Å². The van der Waals surface area contributed by atoms with Crippen molar-refractivity contribution in [3.8, 4) is 0 Å². The van der Waals surface area contributed by atoms with Crippen LogP contribution in [0, 0.1) is 5.92 Å². The summed E-state index contributed by atoms with van der Waals surface area (Å²) in [6.45, 7) is 3.92. The summed E-state index contributed by atoms with van der Waals surface area (Å²) in [5.41, 5.74) is 0.519. The molecule has 0 radical (unpaired) electrons. The van der Waals surface area contributed by atoms with Gasteiger partial charge in [-0.15, -0.1) is 11.8 Å². The van der Waals surface area contributed by atoms with Crippen LogP contribution in [-0.2, 0) is 9.53 Å². The van der Waals surface area contributed by atoms with Crippen molar-refractivity contribution in [1.29, 1.82) is 0 Å². The molecule has 1 fully saturated rings. The molecular weight excluding hydrogens is 286 g/mol. The SMILES string of the molecule is COC(=O)c1ccccc1SCC(=O)N1CCC(C)CC1. The summed E-state index contributed by atoms with van der Waals surface area (Å²) in [6.07, 6.45) is 2.16. The third-order valence-corrected chi connectivity index (χ3v) is 4.84. The largest absolute Gasteiger partial charge is 0.465 e. The second-order valence-corrected chi connectivity index (χ2v) is 6.36. The Morgan fingerprint density at radius 2 is 1.95 bits per heavy atom. The smallest absolute Gasteiger partial charge is 0.338 e. The summed E-state index contributed by atoms with van der Waals surface area (Å²) in [4.78, 5) is 26.6. The first-order valence-electron chi connectivity index (χ1n) is 7.19. The van der Waals surface area contributed by atoms with Crippen LogP contribution in [0.5, 0.6) is 0 Å². The number of carbonyl (C=O) groups is 2. The van der Waals surface area contributed by atoms with Gasteiger partial charge in [-0.3, -0.25) is 4.79 Å². The first kappa shape index (κ1) is 15.9. The van der Waals surface area contributed by atoms with Crippen molar-refractivity contribution in [1.82, 2.24) is 4.90 Å². The fourth-order valence-corrected chi connectivity index (χ4v) is 3.30. The lowest BCUT2D eigenvalue weighted by atomic mass is 9.99. The monoisotopic (exact) mass is 307 g/mol. The number of likely N-dealkylation sites (tertiary alicyclic amines) is 1. The van der Waals surface area contributed by atoms with Gasteiger partial charge in [0.1, 0.15) is 0 Å². The van der Waals surface area contributed by atoms with E-state index in [4.69, 9.17) is 4.74 Å². The molecule has 21 heavy (non-hydrogen) atoms. The van der Waals surface area contributed by atoms with Gasteiger partial charge in [0.2, 0.25) is 5.91 Å². The predicted molar refractivity (Wildman–Crippen MR) is 83.5 cm³/mol. The Balaban J connectivity index is 1.94. The van der Waals surface area contributed by atoms with Crippen molar-refractivity contribution in [2.45, 2.75) is 24.7 Å². The van der Waals surface area contributed by atoms with Gasteiger partial charge in [-0.05, 0) is 30.9 Å². The van der Waals surface area contributed by atoms with Crippen LogP contribution in [0.2, 0.25) is 0 Å². The van der Waals surface area contributed by atoms with Crippen molar-refractivity contribution >= 4 is 23.6 Å². The topological polar surface area (TPSA) is 46.6 Å². The number of piperidine rings is 1. The van der Waals surface area contributed by atoms with E-state index >= 15 is 0 Å². The highest BCUT2D eigenvalue weighted by Gasteiger charge is 2.21. The van der Waals surface area contributed by atoms with Crippen LogP contribution < -0.4 is 0 Å². The Morgan fingerprint density at radius 1 is 1.29 bits per heavy atom. The molecule has 0 bridgehead atoms. The van der Waals surface area contributed by atoms with Gasteiger partial charge in [0, 0.05) is 18.0 Å². The van der Waals surface area contributed by atoms with Gasteiger partial charge in [0.25, 0.3) is 0 Å². The lowest BCUT2D eigenvalue weighted by Crippen LogP contribution is -2.38. The van der Waals surface area contributed by atoms with Crippen molar-refractivity contribution in [3.05, 3.63) is 29.8 Å². The standard InChI is InChI=1S/C16H21NO3S/c1-12-7-9-17(10-8-12)15(18)11-21-14-6-4-3-5-13(14)16(19)20-2/h3-6,12H,7-11H2,1-2H3. The number of amides is 1. The molecule has 114 valence electrons. The molecule has 0 N–H and O–H groups in total. The summed E-state index contributed by atoms with van der Waals surface area (Å²) in [5, 5.41) is 0. The van der Waals surface area contributed by atoms with Gasteiger partial charge in [-0.25, -0.2) is 4.79 Å². The summed E-state index contributed by atoms with van der Waals surface area (Å²) in [7, 11) is 1.36. The van der Waals surface area contributed by atoms with Gasteiger partial charge in [0.05, 0.1) is 18.4 Å². The molecule has 0 unspecified atom stereocenters. The fraction of sp³-hybridized carbons (Fsp3) is 0.500. The Morgan fingerprint density at radius 3 is 2.62 bits per heavy atom. The van der Waals surface area contributed by atoms with Crippen LogP contribution in [0.25, 0.3) is 0 Å². The van der Waals surface area contributed by atoms with Crippen molar-refractivity contribution in [3.63, 3.8) is 0 Å². The second-order valence-electron chi connectivity index (χ2n) is 5.34. The number of nitrogens with zero attached hydrogens (tertiary/aromatic N) is 1. The third-order valence-electron chi connectivity index (χ3n) is 3.78. The summed E-state index contributed by atoms with van der Waals surface area (Å²) in [6, 6.07) is 7.23.